The molecule has 5 heteroatoms. The zero-order valence-electron chi connectivity index (χ0n) is 5.25. The van der Waals surface area contributed by atoms with Crippen LogP contribution in [-0.4, -0.2) is 28.9 Å². The summed E-state index contributed by atoms with van der Waals surface area (Å²) in [5.74, 6) is 0. The Labute approximate surface area is 51.3 Å². The summed E-state index contributed by atoms with van der Waals surface area (Å²) in [5, 5.41) is 0. The highest BCUT2D eigenvalue weighted by Gasteiger charge is 2.33. The van der Waals surface area contributed by atoms with Crippen molar-refractivity contribution in [1.82, 2.24) is 0 Å². The van der Waals surface area contributed by atoms with E-state index in [2.05, 4.69) is 13.6 Å². The van der Waals surface area contributed by atoms with Gasteiger partial charge in [0.05, 0.1) is 21.3 Å². The Kier molecular flexibility index (Phi) is 3.57. The van der Waals surface area contributed by atoms with E-state index in [9.17, 15) is 0 Å². The fourth-order valence-corrected chi connectivity index (χ4v) is 0.671. The van der Waals surface area contributed by atoms with Gasteiger partial charge in [0.15, 0.2) is 0 Å². The van der Waals surface area contributed by atoms with Crippen molar-refractivity contribution in [3.63, 3.8) is 0 Å². The molecule has 0 heterocycles. The molecule has 0 amide bonds. The number of rotatable bonds is 3. The minimum Gasteiger partial charge on any atom is -0.199 e. The highest BCUT2D eigenvalue weighted by atomic mass is 31.2. The Morgan fingerprint density at radius 3 is 1.25 bits per heavy atom. The second-order valence-corrected chi connectivity index (χ2v) is 3.26. The minimum atomic E-state index is -2.41. The van der Waals surface area contributed by atoms with Gasteiger partial charge >= 0.3 is 15.4 Å². The second-order valence-electron chi connectivity index (χ2n) is 1.09. The van der Waals surface area contributed by atoms with Crippen molar-refractivity contribution in [2.75, 3.05) is 21.3 Å². The Balaban J connectivity index is 3.58. The van der Waals surface area contributed by atoms with Crippen LogP contribution in [0.3, 0.4) is 0 Å². The zero-order valence-corrected chi connectivity index (χ0v) is 6.14. The molecule has 0 aliphatic rings. The van der Waals surface area contributed by atoms with Crippen molar-refractivity contribution in [3.8, 4) is 0 Å². The molecule has 2 radical (unpaired) electrons. The van der Waals surface area contributed by atoms with Gasteiger partial charge in [0.2, 0.25) is 0 Å². The third-order valence-corrected chi connectivity index (χ3v) is 2.29. The van der Waals surface area contributed by atoms with Crippen LogP contribution < -0.4 is 0 Å². The molecule has 0 aliphatic heterocycles. The van der Waals surface area contributed by atoms with Crippen molar-refractivity contribution >= 4 is 15.4 Å². The van der Waals surface area contributed by atoms with E-state index >= 15 is 0 Å². The van der Waals surface area contributed by atoms with Gasteiger partial charge in [-0.25, -0.2) is 0 Å². The van der Waals surface area contributed by atoms with Crippen LogP contribution >= 0.6 is 7.82 Å². The maximum atomic E-state index is 5.34. The molecule has 0 aromatic heterocycles. The normalized spacial score (nSPS) is 11.9. The summed E-state index contributed by atoms with van der Waals surface area (Å²) in [6.07, 6.45) is 0. The van der Waals surface area contributed by atoms with Gasteiger partial charge in [-0.2, -0.15) is 13.6 Å². The quantitative estimate of drug-likeness (QED) is 0.422. The van der Waals surface area contributed by atoms with Gasteiger partial charge in [-0.1, -0.05) is 0 Å². The molecule has 0 saturated heterocycles. The molecule has 0 saturated carbocycles. The highest BCUT2D eigenvalue weighted by Crippen LogP contribution is 2.54. The van der Waals surface area contributed by atoms with Crippen LogP contribution in [0.1, 0.15) is 0 Å². The first-order valence-electron chi connectivity index (χ1n) is 2.03. The molecule has 0 bridgehead atoms. The van der Waals surface area contributed by atoms with Crippen molar-refractivity contribution in [2.45, 2.75) is 0 Å². The van der Waals surface area contributed by atoms with E-state index in [-0.39, 0.29) is 0 Å². The van der Waals surface area contributed by atoms with E-state index in [1.54, 1.807) is 0 Å². The fraction of sp³-hybridized carbons (Fsp3) is 1.00. The summed E-state index contributed by atoms with van der Waals surface area (Å²) >= 11 is 0. The van der Waals surface area contributed by atoms with Crippen molar-refractivity contribution in [3.05, 3.63) is 0 Å². The standard InChI is InChI=1S/C3H9BO3P/c1-5-8(4,6-2)7-3/h1-3H3/q+1. The molecule has 0 aliphatic carbocycles. The van der Waals surface area contributed by atoms with Gasteiger partial charge in [-0.3, -0.25) is 0 Å². The van der Waals surface area contributed by atoms with Crippen molar-refractivity contribution in [2.24, 2.45) is 0 Å². The molecule has 0 rings (SSSR count). The van der Waals surface area contributed by atoms with E-state index in [1.165, 1.54) is 21.3 Å². The third kappa shape index (κ3) is 2.10. The van der Waals surface area contributed by atoms with Gasteiger partial charge in [0, 0.05) is 0 Å². The van der Waals surface area contributed by atoms with Gasteiger partial charge in [-0.05, 0) is 0 Å². The summed E-state index contributed by atoms with van der Waals surface area (Å²) in [7, 11) is 7.26. The lowest BCUT2D eigenvalue weighted by Gasteiger charge is -2.11. The summed E-state index contributed by atoms with van der Waals surface area (Å²) in [4.78, 5) is 0. The van der Waals surface area contributed by atoms with Gasteiger partial charge in [0.1, 0.15) is 0 Å². The summed E-state index contributed by atoms with van der Waals surface area (Å²) < 4.78 is 14.0. The zero-order chi connectivity index (χ0) is 6.62. The van der Waals surface area contributed by atoms with Crippen molar-refractivity contribution < 1.29 is 13.6 Å². The van der Waals surface area contributed by atoms with Crippen LogP contribution in [0.15, 0.2) is 0 Å². The Morgan fingerprint density at radius 2 is 1.25 bits per heavy atom. The molecule has 3 nitrogen and oxygen atoms in total. The predicted molar refractivity (Wildman–Crippen MR) is 33.7 cm³/mol. The molecule has 0 aromatic carbocycles. The first kappa shape index (κ1) is 8.37. The van der Waals surface area contributed by atoms with E-state index in [4.69, 9.17) is 7.57 Å². The van der Waals surface area contributed by atoms with E-state index in [1.807, 2.05) is 0 Å². The predicted octanol–water partition coefficient (Wildman–Crippen LogP) is 0.772. The molecule has 0 N–H and O–H groups in total. The Morgan fingerprint density at radius 1 is 1.00 bits per heavy atom. The molecule has 0 fully saturated rings. The van der Waals surface area contributed by atoms with Gasteiger partial charge in [-0.15, -0.1) is 0 Å². The van der Waals surface area contributed by atoms with Crippen LogP contribution in [0.5, 0.6) is 0 Å². The Hall–Kier alpha value is 0.375. The lowest BCUT2D eigenvalue weighted by Crippen LogP contribution is -1.98. The monoisotopic (exact) mass is 135 g/mol. The number of hydrogen-bond donors (Lipinski definition) is 0. The van der Waals surface area contributed by atoms with Crippen LogP contribution in [0.2, 0.25) is 0 Å². The fourth-order valence-electron chi connectivity index (χ4n) is 0.224. The van der Waals surface area contributed by atoms with E-state index in [0.29, 0.717) is 0 Å². The van der Waals surface area contributed by atoms with E-state index in [0.717, 1.165) is 0 Å². The van der Waals surface area contributed by atoms with Crippen LogP contribution in [-0.2, 0) is 13.6 Å². The van der Waals surface area contributed by atoms with Crippen LogP contribution in [0, 0.1) is 0 Å². The molecular weight excluding hydrogens is 126 g/mol. The Bertz CT molecular complexity index is 57.3. The smallest absolute Gasteiger partial charge is 0.199 e. The molecular formula is C3H9BO3P+. The second kappa shape index (κ2) is 3.41. The first-order chi connectivity index (χ1) is 3.68. The third-order valence-electron chi connectivity index (χ3n) is 0.763. The van der Waals surface area contributed by atoms with Crippen molar-refractivity contribution in [1.29, 1.82) is 0 Å². The lowest BCUT2D eigenvalue weighted by atomic mass is 10.8. The molecule has 8 heavy (non-hydrogen) atoms. The van der Waals surface area contributed by atoms with Crippen LogP contribution in [0.25, 0.3) is 0 Å². The average molecular weight is 135 g/mol. The van der Waals surface area contributed by atoms with E-state index < -0.39 is 7.82 Å². The molecule has 0 unspecified atom stereocenters. The lowest BCUT2D eigenvalue weighted by molar-refractivity contribution is 0.229. The summed E-state index contributed by atoms with van der Waals surface area (Å²) in [6.45, 7) is 0. The maximum Gasteiger partial charge on any atom is 0.488 e. The highest BCUT2D eigenvalue weighted by molar-refractivity contribution is 7.85. The van der Waals surface area contributed by atoms with Crippen LogP contribution in [0.4, 0.5) is 0 Å². The molecule has 0 aromatic rings. The largest absolute Gasteiger partial charge is 0.488 e. The first-order valence-corrected chi connectivity index (χ1v) is 3.64. The number of hydrogen-bond acceptors (Lipinski definition) is 3. The SMILES string of the molecule is [B][P+](OC)(OC)OC. The maximum absolute atomic E-state index is 5.34. The van der Waals surface area contributed by atoms with Gasteiger partial charge < -0.3 is 0 Å². The average Bonchev–Trinajstić information content (AvgIpc) is 1.87. The minimum absolute atomic E-state index is 1.45. The summed E-state index contributed by atoms with van der Waals surface area (Å²) in [6, 6.07) is 0. The summed E-state index contributed by atoms with van der Waals surface area (Å²) in [5.41, 5.74) is 0. The molecule has 46 valence electrons. The molecule has 0 spiro atoms. The topological polar surface area (TPSA) is 27.7 Å². The van der Waals surface area contributed by atoms with Gasteiger partial charge in [0.25, 0.3) is 0 Å². The molecule has 0 atom stereocenters.